The molecule has 0 radical (unpaired) electrons. The molecule has 3 nitrogen and oxygen atoms in total. The van der Waals surface area contributed by atoms with Crippen LogP contribution in [-0.4, -0.2) is 26.3 Å². The highest BCUT2D eigenvalue weighted by Crippen LogP contribution is 2.19. The molecule has 0 spiro atoms. The van der Waals surface area contributed by atoms with Gasteiger partial charge >= 0.3 is 0 Å². The maximum Gasteiger partial charge on any atom is 0.119 e. The van der Waals surface area contributed by atoms with E-state index in [1.54, 1.807) is 0 Å². The number of hydrogen-bond donors (Lipinski definition) is 1. The van der Waals surface area contributed by atoms with Gasteiger partial charge in [0.2, 0.25) is 0 Å². The summed E-state index contributed by atoms with van der Waals surface area (Å²) < 4.78 is 11.3. The maximum atomic E-state index is 5.78. The summed E-state index contributed by atoms with van der Waals surface area (Å²) >= 11 is 0. The van der Waals surface area contributed by atoms with Gasteiger partial charge in [-0.3, -0.25) is 0 Å². The Balaban J connectivity index is 2.39. The molecule has 0 aliphatic carbocycles. The van der Waals surface area contributed by atoms with Crippen LogP contribution < -0.4 is 14.8 Å². The van der Waals surface area contributed by atoms with E-state index >= 15 is 0 Å². The molecular formula is C14H23NO2. The minimum Gasteiger partial charge on any atom is -0.494 e. The Bertz CT molecular complexity index is 298. The average Bonchev–Trinajstić information content (AvgIpc) is 2.35. The highest BCUT2D eigenvalue weighted by atomic mass is 16.5. The number of benzene rings is 1. The second kappa shape index (κ2) is 7.96. The second-order valence-electron chi connectivity index (χ2n) is 4.14. The fourth-order valence-electron chi connectivity index (χ4n) is 1.47. The van der Waals surface area contributed by atoms with Crippen molar-refractivity contribution in [2.24, 2.45) is 0 Å². The number of ether oxygens (including phenoxy) is 2. The minimum absolute atomic E-state index is 0.227. The van der Waals surface area contributed by atoms with E-state index < -0.39 is 0 Å². The molecule has 0 aliphatic heterocycles. The van der Waals surface area contributed by atoms with Gasteiger partial charge in [-0.25, -0.2) is 0 Å². The fraction of sp³-hybridized carbons (Fsp3) is 0.571. The summed E-state index contributed by atoms with van der Waals surface area (Å²) in [6.45, 7) is 5.91. The van der Waals surface area contributed by atoms with Crippen LogP contribution in [0.2, 0.25) is 0 Å². The summed E-state index contributed by atoms with van der Waals surface area (Å²) in [5.74, 6) is 1.81. The predicted octanol–water partition coefficient (Wildman–Crippen LogP) is 2.85. The summed E-state index contributed by atoms with van der Waals surface area (Å²) in [5, 5.41) is 3.12. The van der Waals surface area contributed by atoms with Crippen LogP contribution in [0.5, 0.6) is 11.5 Å². The molecule has 1 rings (SSSR count). The molecule has 0 saturated carbocycles. The molecule has 0 amide bonds. The molecule has 0 fully saturated rings. The first-order valence-electron chi connectivity index (χ1n) is 6.30. The van der Waals surface area contributed by atoms with Crippen molar-refractivity contribution in [1.29, 1.82) is 0 Å². The van der Waals surface area contributed by atoms with Crippen molar-refractivity contribution in [1.82, 2.24) is 5.32 Å². The zero-order chi connectivity index (χ0) is 12.5. The first-order chi connectivity index (χ1) is 8.26. The van der Waals surface area contributed by atoms with Crippen molar-refractivity contribution in [3.05, 3.63) is 24.3 Å². The van der Waals surface area contributed by atoms with Crippen molar-refractivity contribution in [3.63, 3.8) is 0 Å². The van der Waals surface area contributed by atoms with Crippen LogP contribution >= 0.6 is 0 Å². The number of hydrogen-bond acceptors (Lipinski definition) is 3. The Morgan fingerprint density at radius 2 is 1.82 bits per heavy atom. The van der Waals surface area contributed by atoms with E-state index in [1.165, 1.54) is 0 Å². The third kappa shape index (κ3) is 5.59. The van der Waals surface area contributed by atoms with Gasteiger partial charge in [-0.1, -0.05) is 6.92 Å². The molecule has 1 aromatic rings. The third-order valence-electron chi connectivity index (χ3n) is 2.43. The lowest BCUT2D eigenvalue weighted by molar-refractivity contribution is 0.210. The van der Waals surface area contributed by atoms with Gasteiger partial charge < -0.3 is 14.8 Å². The number of nitrogens with one attached hydrogen (secondary N) is 1. The van der Waals surface area contributed by atoms with Crippen LogP contribution in [0.3, 0.4) is 0 Å². The van der Waals surface area contributed by atoms with Gasteiger partial charge in [-0.15, -0.1) is 0 Å². The second-order valence-corrected chi connectivity index (χ2v) is 4.14. The molecule has 1 N–H and O–H groups in total. The first-order valence-corrected chi connectivity index (χ1v) is 6.30. The molecular weight excluding hydrogens is 214 g/mol. The smallest absolute Gasteiger partial charge is 0.119 e. The molecule has 0 heterocycles. The quantitative estimate of drug-likeness (QED) is 0.754. The van der Waals surface area contributed by atoms with Crippen LogP contribution in [0.1, 0.15) is 26.7 Å². The molecule has 17 heavy (non-hydrogen) atoms. The van der Waals surface area contributed by atoms with E-state index in [-0.39, 0.29) is 6.10 Å². The topological polar surface area (TPSA) is 30.5 Å². The van der Waals surface area contributed by atoms with E-state index in [2.05, 4.69) is 19.2 Å². The molecule has 3 heteroatoms. The SMILES string of the molecule is CCCOc1ccc(OC(C)CCNC)cc1. The van der Waals surface area contributed by atoms with Gasteiger partial charge in [0.05, 0.1) is 12.7 Å². The van der Waals surface area contributed by atoms with Crippen LogP contribution in [-0.2, 0) is 0 Å². The highest BCUT2D eigenvalue weighted by molar-refractivity contribution is 5.31. The normalized spacial score (nSPS) is 12.2. The van der Waals surface area contributed by atoms with E-state index in [9.17, 15) is 0 Å². The minimum atomic E-state index is 0.227. The Labute approximate surface area is 104 Å². The molecule has 96 valence electrons. The van der Waals surface area contributed by atoms with Gasteiger partial charge in [-0.2, -0.15) is 0 Å². The zero-order valence-corrected chi connectivity index (χ0v) is 11.0. The van der Waals surface area contributed by atoms with Crippen molar-refractivity contribution >= 4 is 0 Å². The van der Waals surface area contributed by atoms with Gasteiger partial charge in [0, 0.05) is 0 Å². The molecule has 0 aliphatic rings. The van der Waals surface area contributed by atoms with Crippen molar-refractivity contribution < 1.29 is 9.47 Å². The summed E-state index contributed by atoms with van der Waals surface area (Å²) in [4.78, 5) is 0. The van der Waals surface area contributed by atoms with E-state index in [4.69, 9.17) is 9.47 Å². The van der Waals surface area contributed by atoms with Gasteiger partial charge in [0.15, 0.2) is 0 Å². The third-order valence-corrected chi connectivity index (χ3v) is 2.43. The summed E-state index contributed by atoms with van der Waals surface area (Å²) in [6.07, 6.45) is 2.26. The molecule has 0 aromatic heterocycles. The Hall–Kier alpha value is -1.22. The Kier molecular flexibility index (Phi) is 6.48. The summed E-state index contributed by atoms with van der Waals surface area (Å²) in [6, 6.07) is 7.83. The largest absolute Gasteiger partial charge is 0.494 e. The molecule has 1 atom stereocenters. The molecule has 1 unspecified atom stereocenters. The van der Waals surface area contributed by atoms with Crippen molar-refractivity contribution in [2.75, 3.05) is 20.2 Å². The summed E-state index contributed by atoms with van der Waals surface area (Å²) in [5.41, 5.74) is 0. The zero-order valence-electron chi connectivity index (χ0n) is 11.0. The van der Waals surface area contributed by atoms with Gasteiger partial charge in [0.25, 0.3) is 0 Å². The lowest BCUT2D eigenvalue weighted by atomic mass is 10.2. The number of rotatable bonds is 8. The van der Waals surface area contributed by atoms with Crippen molar-refractivity contribution in [3.8, 4) is 11.5 Å². The predicted molar refractivity (Wildman–Crippen MR) is 70.9 cm³/mol. The lowest BCUT2D eigenvalue weighted by Gasteiger charge is -2.14. The van der Waals surface area contributed by atoms with Gasteiger partial charge in [-0.05, 0) is 57.6 Å². The monoisotopic (exact) mass is 237 g/mol. The Morgan fingerprint density at radius 3 is 2.41 bits per heavy atom. The maximum absolute atomic E-state index is 5.78. The average molecular weight is 237 g/mol. The first kappa shape index (κ1) is 13.8. The van der Waals surface area contributed by atoms with E-state index in [1.807, 2.05) is 31.3 Å². The lowest BCUT2D eigenvalue weighted by Crippen LogP contribution is -2.19. The van der Waals surface area contributed by atoms with E-state index in [0.717, 1.165) is 37.5 Å². The fourth-order valence-corrected chi connectivity index (χ4v) is 1.47. The van der Waals surface area contributed by atoms with Crippen LogP contribution in [0, 0.1) is 0 Å². The molecule has 0 saturated heterocycles. The standard InChI is InChI=1S/C14H23NO2/c1-4-11-16-13-5-7-14(8-6-13)17-12(2)9-10-15-3/h5-8,12,15H,4,9-11H2,1-3H3. The summed E-state index contributed by atoms with van der Waals surface area (Å²) in [7, 11) is 1.95. The van der Waals surface area contributed by atoms with Crippen molar-refractivity contribution in [2.45, 2.75) is 32.8 Å². The molecule has 1 aromatic carbocycles. The van der Waals surface area contributed by atoms with Gasteiger partial charge in [0.1, 0.15) is 11.5 Å². The van der Waals surface area contributed by atoms with Crippen LogP contribution in [0.15, 0.2) is 24.3 Å². The Morgan fingerprint density at radius 1 is 1.18 bits per heavy atom. The molecule has 0 bridgehead atoms. The van der Waals surface area contributed by atoms with Crippen LogP contribution in [0.4, 0.5) is 0 Å². The van der Waals surface area contributed by atoms with E-state index in [0.29, 0.717) is 0 Å². The highest BCUT2D eigenvalue weighted by Gasteiger charge is 2.03. The van der Waals surface area contributed by atoms with Crippen LogP contribution in [0.25, 0.3) is 0 Å².